The van der Waals surface area contributed by atoms with Crippen LogP contribution >= 0.6 is 0 Å². The van der Waals surface area contributed by atoms with Crippen LogP contribution < -0.4 is 0 Å². The lowest BCUT2D eigenvalue weighted by Crippen LogP contribution is -2.35. The molecular weight excluding hydrogens is 244 g/mol. The molecule has 1 fully saturated rings. The topological polar surface area (TPSA) is 66.6 Å². The van der Waals surface area contributed by atoms with E-state index >= 15 is 0 Å². The van der Waals surface area contributed by atoms with Gasteiger partial charge in [0.25, 0.3) is 0 Å². The minimum absolute atomic E-state index is 0.0989. The van der Waals surface area contributed by atoms with Crippen LogP contribution in [-0.4, -0.2) is 40.6 Å². The summed E-state index contributed by atoms with van der Waals surface area (Å²) in [4.78, 5) is 17.2. The maximum atomic E-state index is 10.5. The molecule has 1 N–H and O–H groups in total. The Hall–Kier alpha value is -1.36. The predicted molar refractivity (Wildman–Crippen MR) is 71.0 cm³/mol. The van der Waals surface area contributed by atoms with E-state index in [1.54, 1.807) is 6.20 Å². The normalized spacial score (nSPS) is 20.6. The van der Waals surface area contributed by atoms with Crippen LogP contribution in [0.25, 0.3) is 0 Å². The maximum absolute atomic E-state index is 10.5. The summed E-state index contributed by atoms with van der Waals surface area (Å²) in [5.74, 6) is 1.24. The highest BCUT2D eigenvalue weighted by molar-refractivity contribution is 5.66. The number of likely N-dealkylation sites (tertiary alicyclic amines) is 1. The van der Waals surface area contributed by atoms with E-state index in [2.05, 4.69) is 16.8 Å². The van der Waals surface area contributed by atoms with E-state index in [9.17, 15) is 4.79 Å². The van der Waals surface area contributed by atoms with Gasteiger partial charge in [0, 0.05) is 19.4 Å². The fourth-order valence-electron chi connectivity index (χ4n) is 2.64. The van der Waals surface area contributed by atoms with Gasteiger partial charge in [-0.15, -0.1) is 0 Å². The molecule has 1 saturated heterocycles. The summed E-state index contributed by atoms with van der Waals surface area (Å²) in [6.45, 7) is 5.61. The number of rotatable bonds is 6. The summed E-state index contributed by atoms with van der Waals surface area (Å²) in [6, 6.07) is 0. The lowest BCUT2D eigenvalue weighted by molar-refractivity contribution is -0.137. The Balaban J connectivity index is 1.83. The Bertz CT molecular complexity index is 417. The van der Waals surface area contributed by atoms with Gasteiger partial charge < -0.3 is 14.4 Å². The zero-order valence-electron chi connectivity index (χ0n) is 11.5. The molecule has 0 spiro atoms. The first-order chi connectivity index (χ1) is 9.17. The molecule has 5 heteroatoms. The molecular formula is C14H22N2O3. The molecule has 2 rings (SSSR count). The van der Waals surface area contributed by atoms with Crippen molar-refractivity contribution in [3.05, 3.63) is 17.8 Å². The van der Waals surface area contributed by atoms with E-state index in [1.807, 2.05) is 0 Å². The molecule has 5 nitrogen and oxygen atoms in total. The lowest BCUT2D eigenvalue weighted by atomic mass is 9.95. The number of aryl methyl sites for hydroxylation is 1. The van der Waals surface area contributed by atoms with Crippen molar-refractivity contribution >= 4 is 5.97 Å². The number of hydrogen-bond acceptors (Lipinski definition) is 4. The zero-order valence-corrected chi connectivity index (χ0v) is 11.5. The highest BCUT2D eigenvalue weighted by Crippen LogP contribution is 2.20. The van der Waals surface area contributed by atoms with E-state index in [0.717, 1.165) is 25.4 Å². The van der Waals surface area contributed by atoms with E-state index in [1.165, 1.54) is 19.4 Å². The number of carboxylic acids is 1. The Morgan fingerprint density at radius 1 is 1.63 bits per heavy atom. The van der Waals surface area contributed by atoms with Crippen molar-refractivity contribution in [3.63, 3.8) is 0 Å². The number of piperidine rings is 1. The number of oxazole rings is 1. The quantitative estimate of drug-likeness (QED) is 0.852. The number of hydrogen-bond donors (Lipinski definition) is 1. The second-order valence-corrected chi connectivity index (χ2v) is 5.22. The van der Waals surface area contributed by atoms with Gasteiger partial charge in [-0.1, -0.05) is 6.92 Å². The first kappa shape index (κ1) is 14.1. The Labute approximate surface area is 113 Å². The molecule has 1 aliphatic heterocycles. The molecule has 1 aliphatic rings. The van der Waals surface area contributed by atoms with Gasteiger partial charge in [-0.3, -0.25) is 4.79 Å². The second kappa shape index (κ2) is 6.70. The summed E-state index contributed by atoms with van der Waals surface area (Å²) in [6.07, 6.45) is 5.52. The van der Waals surface area contributed by atoms with Gasteiger partial charge in [-0.25, -0.2) is 4.98 Å². The highest BCUT2D eigenvalue weighted by Gasteiger charge is 2.20. The molecule has 1 unspecified atom stereocenters. The molecule has 0 amide bonds. The van der Waals surface area contributed by atoms with Crippen molar-refractivity contribution in [3.8, 4) is 0 Å². The molecule has 0 aromatic carbocycles. The molecule has 1 aromatic rings. The van der Waals surface area contributed by atoms with Crippen LogP contribution in [0.2, 0.25) is 0 Å². The minimum Gasteiger partial charge on any atom is -0.481 e. The van der Waals surface area contributed by atoms with Crippen LogP contribution in [0.3, 0.4) is 0 Å². The molecule has 1 atom stereocenters. The predicted octanol–water partition coefficient (Wildman–Crippen LogP) is 1.97. The fraction of sp³-hybridized carbons (Fsp3) is 0.714. The van der Waals surface area contributed by atoms with Crippen LogP contribution in [0.1, 0.15) is 37.8 Å². The van der Waals surface area contributed by atoms with Gasteiger partial charge in [0.2, 0.25) is 0 Å². The summed E-state index contributed by atoms with van der Waals surface area (Å²) in [5.41, 5.74) is 0. The van der Waals surface area contributed by atoms with Crippen LogP contribution in [0, 0.1) is 5.92 Å². The third-order valence-corrected chi connectivity index (χ3v) is 3.70. The van der Waals surface area contributed by atoms with Crippen LogP contribution in [0.4, 0.5) is 0 Å². The van der Waals surface area contributed by atoms with Crippen LogP contribution in [0.5, 0.6) is 0 Å². The molecule has 0 aliphatic carbocycles. The first-order valence-corrected chi connectivity index (χ1v) is 7.05. The number of nitrogens with zero attached hydrogens (tertiary/aromatic N) is 2. The Morgan fingerprint density at radius 2 is 2.47 bits per heavy atom. The number of carboxylic acid groups (broad SMARTS) is 1. The van der Waals surface area contributed by atoms with Crippen LogP contribution in [-0.2, 0) is 17.6 Å². The van der Waals surface area contributed by atoms with E-state index in [-0.39, 0.29) is 6.42 Å². The smallest absolute Gasteiger partial charge is 0.303 e. The SMILES string of the molecule is CCN1CCCC(Cc2ncc(CCC(=O)O)o2)C1. The monoisotopic (exact) mass is 266 g/mol. The molecule has 2 heterocycles. The number of aliphatic carboxylic acids is 1. The molecule has 0 radical (unpaired) electrons. The van der Waals surface area contributed by atoms with Gasteiger partial charge in [0.05, 0.1) is 12.6 Å². The number of carbonyl (C=O) groups is 1. The van der Waals surface area contributed by atoms with E-state index < -0.39 is 5.97 Å². The third kappa shape index (κ3) is 4.35. The summed E-state index contributed by atoms with van der Waals surface area (Å²) in [5, 5.41) is 8.63. The minimum atomic E-state index is -0.802. The molecule has 0 saturated carbocycles. The second-order valence-electron chi connectivity index (χ2n) is 5.22. The molecule has 0 bridgehead atoms. The third-order valence-electron chi connectivity index (χ3n) is 3.70. The van der Waals surface area contributed by atoms with Gasteiger partial charge >= 0.3 is 5.97 Å². The van der Waals surface area contributed by atoms with Crippen molar-refractivity contribution < 1.29 is 14.3 Å². The molecule has 19 heavy (non-hydrogen) atoms. The largest absolute Gasteiger partial charge is 0.481 e. The van der Waals surface area contributed by atoms with Crippen molar-refractivity contribution in [2.45, 2.75) is 39.0 Å². The number of aromatic nitrogens is 1. The van der Waals surface area contributed by atoms with Gasteiger partial charge in [0.1, 0.15) is 5.76 Å². The molecule has 106 valence electrons. The van der Waals surface area contributed by atoms with E-state index in [0.29, 0.717) is 18.1 Å². The summed E-state index contributed by atoms with van der Waals surface area (Å²) >= 11 is 0. The Kier molecular flexibility index (Phi) is 4.96. The maximum Gasteiger partial charge on any atom is 0.303 e. The summed E-state index contributed by atoms with van der Waals surface area (Å²) in [7, 11) is 0. The van der Waals surface area contributed by atoms with Gasteiger partial charge in [-0.2, -0.15) is 0 Å². The van der Waals surface area contributed by atoms with Gasteiger partial charge in [-0.05, 0) is 31.8 Å². The van der Waals surface area contributed by atoms with Crippen molar-refractivity contribution in [1.82, 2.24) is 9.88 Å². The lowest BCUT2D eigenvalue weighted by Gasteiger charge is -2.31. The van der Waals surface area contributed by atoms with E-state index in [4.69, 9.17) is 9.52 Å². The first-order valence-electron chi connectivity index (χ1n) is 7.05. The zero-order chi connectivity index (χ0) is 13.7. The highest BCUT2D eigenvalue weighted by atomic mass is 16.4. The Morgan fingerprint density at radius 3 is 3.21 bits per heavy atom. The van der Waals surface area contributed by atoms with Gasteiger partial charge in [0.15, 0.2) is 5.89 Å². The van der Waals surface area contributed by atoms with Crippen molar-refractivity contribution in [2.24, 2.45) is 5.92 Å². The average Bonchev–Trinajstić information content (AvgIpc) is 2.84. The fourth-order valence-corrected chi connectivity index (χ4v) is 2.64. The van der Waals surface area contributed by atoms with Crippen molar-refractivity contribution in [1.29, 1.82) is 0 Å². The van der Waals surface area contributed by atoms with Crippen molar-refractivity contribution in [2.75, 3.05) is 19.6 Å². The standard InChI is InChI=1S/C14H22N2O3/c1-2-16-7-3-4-11(10-16)8-13-15-9-12(19-13)5-6-14(17)18/h9,11H,2-8,10H2,1H3,(H,17,18). The van der Waals surface area contributed by atoms with Crippen LogP contribution in [0.15, 0.2) is 10.6 Å². The molecule has 1 aromatic heterocycles. The average molecular weight is 266 g/mol. The summed E-state index contributed by atoms with van der Waals surface area (Å²) < 4.78 is 5.61.